The molecule has 0 aliphatic carbocycles. The van der Waals surface area contributed by atoms with Gasteiger partial charge in [-0.15, -0.1) is 0 Å². The molecule has 0 radical (unpaired) electrons. The topological polar surface area (TPSA) is 26.3 Å². The second-order valence-electron chi connectivity index (χ2n) is 1.57. The molecule has 0 atom stereocenters. The molecule has 0 aromatic carbocycles. The first-order valence-corrected chi connectivity index (χ1v) is 3.29. The van der Waals surface area contributed by atoms with Gasteiger partial charge in [0.25, 0.3) is 0 Å². The lowest BCUT2D eigenvalue weighted by atomic mass is 10.4. The van der Waals surface area contributed by atoms with Crippen LogP contribution in [0.3, 0.4) is 0 Å². The van der Waals surface area contributed by atoms with Gasteiger partial charge in [0, 0.05) is 6.08 Å². The van der Waals surface area contributed by atoms with Gasteiger partial charge in [-0.25, -0.2) is 4.79 Å². The zero-order valence-electron chi connectivity index (χ0n) is 4.85. The van der Waals surface area contributed by atoms with Crippen LogP contribution < -0.4 is 0 Å². The summed E-state index contributed by atoms with van der Waals surface area (Å²) < 4.78 is 5.42. The summed E-state index contributed by atoms with van der Waals surface area (Å²) in [5.41, 5.74) is 0. The average molecular weight is 189 g/mol. The summed E-state index contributed by atoms with van der Waals surface area (Å²) in [5.74, 6) is 0.287. The molecule has 0 saturated carbocycles. The van der Waals surface area contributed by atoms with Crippen molar-refractivity contribution in [2.24, 2.45) is 0 Å². The molecule has 0 N–H and O–H groups in total. The first-order valence-electron chi connectivity index (χ1n) is 2.49. The average Bonchev–Trinajstić information content (AvgIpc) is 2.10. The Morgan fingerprint density at radius 3 is 2.67 bits per heavy atom. The minimum Gasteiger partial charge on any atom is -0.422 e. The van der Waals surface area contributed by atoms with Crippen molar-refractivity contribution in [3.05, 3.63) is 22.4 Å². The Hall–Kier alpha value is -0.570. The van der Waals surface area contributed by atoms with Crippen molar-refractivity contribution in [3.8, 4) is 0 Å². The van der Waals surface area contributed by atoms with Crippen molar-refractivity contribution in [1.82, 2.24) is 0 Å². The van der Waals surface area contributed by atoms with Gasteiger partial charge in [0.1, 0.15) is 5.76 Å². The standard InChI is InChI=1S/C6H5BrO2/c1-2-5-4(7)3-6(8)9-5/h2-3H,1H3/b5-2-. The fourth-order valence-corrected chi connectivity index (χ4v) is 1.05. The van der Waals surface area contributed by atoms with Gasteiger partial charge in [-0.3, -0.25) is 0 Å². The van der Waals surface area contributed by atoms with Crippen LogP contribution in [0.4, 0.5) is 0 Å². The van der Waals surface area contributed by atoms with Crippen molar-refractivity contribution in [2.75, 3.05) is 0 Å². The Balaban J connectivity index is 2.89. The molecule has 1 aliphatic heterocycles. The summed E-state index contributed by atoms with van der Waals surface area (Å²) in [5, 5.41) is 0. The highest BCUT2D eigenvalue weighted by Gasteiger charge is 2.15. The lowest BCUT2D eigenvalue weighted by molar-refractivity contribution is -0.132. The number of rotatable bonds is 0. The molecule has 9 heavy (non-hydrogen) atoms. The third kappa shape index (κ3) is 1.21. The number of ether oxygens (including phenoxy) is 1. The number of hydrogen-bond acceptors (Lipinski definition) is 2. The van der Waals surface area contributed by atoms with E-state index in [1.165, 1.54) is 6.08 Å². The van der Waals surface area contributed by atoms with Crippen LogP contribution in [0, 0.1) is 0 Å². The maximum Gasteiger partial charge on any atom is 0.337 e. The van der Waals surface area contributed by atoms with Gasteiger partial charge in [0.2, 0.25) is 0 Å². The Morgan fingerprint density at radius 1 is 1.78 bits per heavy atom. The van der Waals surface area contributed by atoms with Gasteiger partial charge in [-0.1, -0.05) is 0 Å². The molecule has 0 fully saturated rings. The molecule has 1 aliphatic rings. The normalized spacial score (nSPS) is 22.2. The molecule has 0 aromatic heterocycles. The molecule has 3 heteroatoms. The molecule has 0 unspecified atom stereocenters. The summed E-state index contributed by atoms with van der Waals surface area (Å²) in [7, 11) is 0. The maximum absolute atomic E-state index is 10.5. The van der Waals surface area contributed by atoms with Crippen LogP contribution in [-0.2, 0) is 9.53 Å². The summed E-state index contributed by atoms with van der Waals surface area (Å²) in [6, 6.07) is 0. The van der Waals surface area contributed by atoms with Crippen LogP contribution in [0.1, 0.15) is 6.92 Å². The van der Waals surface area contributed by atoms with Gasteiger partial charge in [-0.05, 0) is 28.9 Å². The van der Waals surface area contributed by atoms with Gasteiger partial charge in [-0.2, -0.15) is 0 Å². The maximum atomic E-state index is 10.5. The molecular weight excluding hydrogens is 184 g/mol. The first kappa shape index (κ1) is 6.55. The van der Waals surface area contributed by atoms with Crippen molar-refractivity contribution in [3.63, 3.8) is 0 Å². The van der Waals surface area contributed by atoms with E-state index in [2.05, 4.69) is 15.9 Å². The number of halogens is 1. The fourth-order valence-electron chi connectivity index (χ4n) is 0.558. The predicted octanol–water partition coefficient (Wildman–Crippen LogP) is 1.73. The van der Waals surface area contributed by atoms with Gasteiger partial charge in [0.15, 0.2) is 0 Å². The zero-order valence-corrected chi connectivity index (χ0v) is 6.44. The minimum absolute atomic E-state index is 0.310. The lowest BCUT2D eigenvalue weighted by Gasteiger charge is -1.92. The fraction of sp³-hybridized carbons (Fsp3) is 0.167. The van der Waals surface area contributed by atoms with Gasteiger partial charge in [0.05, 0.1) is 4.48 Å². The first-order chi connectivity index (χ1) is 4.24. The zero-order chi connectivity index (χ0) is 6.85. The third-order valence-corrected chi connectivity index (χ3v) is 1.57. The van der Waals surface area contributed by atoms with E-state index >= 15 is 0 Å². The summed E-state index contributed by atoms with van der Waals surface area (Å²) in [6.45, 7) is 1.81. The summed E-state index contributed by atoms with van der Waals surface area (Å²) >= 11 is 3.15. The second kappa shape index (κ2) is 2.35. The van der Waals surface area contributed by atoms with E-state index < -0.39 is 0 Å². The van der Waals surface area contributed by atoms with E-state index in [-0.39, 0.29) is 5.97 Å². The Bertz CT molecular complexity index is 203. The molecular formula is C6H5BrO2. The highest BCUT2D eigenvalue weighted by molar-refractivity contribution is 9.12. The number of carbonyl (C=O) groups is 1. The van der Waals surface area contributed by atoms with Crippen LogP contribution >= 0.6 is 15.9 Å². The van der Waals surface area contributed by atoms with Crippen molar-refractivity contribution in [2.45, 2.75) is 6.92 Å². The van der Waals surface area contributed by atoms with E-state index in [1.807, 2.05) is 6.92 Å². The molecule has 0 saturated heterocycles. The van der Waals surface area contributed by atoms with E-state index in [9.17, 15) is 4.79 Å². The number of esters is 1. The second-order valence-corrected chi connectivity index (χ2v) is 2.42. The number of hydrogen-bond donors (Lipinski definition) is 0. The molecule has 0 amide bonds. The quantitative estimate of drug-likeness (QED) is 0.542. The molecule has 1 heterocycles. The van der Waals surface area contributed by atoms with Crippen molar-refractivity contribution in [1.29, 1.82) is 0 Å². The van der Waals surface area contributed by atoms with Gasteiger partial charge >= 0.3 is 5.97 Å². The van der Waals surface area contributed by atoms with Crippen LogP contribution in [0.25, 0.3) is 0 Å². The smallest absolute Gasteiger partial charge is 0.337 e. The Morgan fingerprint density at radius 2 is 2.44 bits per heavy atom. The van der Waals surface area contributed by atoms with Crippen LogP contribution in [0.5, 0.6) is 0 Å². The largest absolute Gasteiger partial charge is 0.422 e. The van der Waals surface area contributed by atoms with Crippen LogP contribution in [-0.4, -0.2) is 5.97 Å². The SMILES string of the molecule is C/C=C1\OC(=O)C=C1Br. The number of cyclic esters (lactones) is 1. The molecule has 2 nitrogen and oxygen atoms in total. The van der Waals surface area contributed by atoms with E-state index in [0.29, 0.717) is 5.76 Å². The van der Waals surface area contributed by atoms with E-state index in [0.717, 1.165) is 4.48 Å². The number of allylic oxidation sites excluding steroid dienone is 2. The predicted molar refractivity (Wildman–Crippen MR) is 36.9 cm³/mol. The molecule has 1 rings (SSSR count). The molecule has 48 valence electrons. The number of carbonyl (C=O) groups excluding carboxylic acids is 1. The monoisotopic (exact) mass is 188 g/mol. The van der Waals surface area contributed by atoms with Crippen molar-refractivity contribution < 1.29 is 9.53 Å². The van der Waals surface area contributed by atoms with Crippen molar-refractivity contribution >= 4 is 21.9 Å². The minimum atomic E-state index is -0.310. The third-order valence-electron chi connectivity index (χ3n) is 0.953. The Labute approximate surface area is 61.3 Å². The van der Waals surface area contributed by atoms with Gasteiger partial charge < -0.3 is 4.74 Å². The highest BCUT2D eigenvalue weighted by atomic mass is 79.9. The highest BCUT2D eigenvalue weighted by Crippen LogP contribution is 2.24. The molecule has 0 spiro atoms. The van der Waals surface area contributed by atoms with Crippen LogP contribution in [0.15, 0.2) is 22.4 Å². The molecule has 0 bridgehead atoms. The van der Waals surface area contributed by atoms with E-state index in [4.69, 9.17) is 4.74 Å². The lowest BCUT2D eigenvalue weighted by Crippen LogP contribution is -1.89. The summed E-state index contributed by atoms with van der Waals surface area (Å²) in [4.78, 5) is 10.5. The Kier molecular flexibility index (Phi) is 1.71. The van der Waals surface area contributed by atoms with E-state index in [1.54, 1.807) is 6.08 Å². The molecule has 0 aromatic rings. The summed E-state index contributed by atoms with van der Waals surface area (Å²) in [6.07, 6.45) is 3.13. The van der Waals surface area contributed by atoms with Crippen LogP contribution in [0.2, 0.25) is 0 Å².